The lowest BCUT2D eigenvalue weighted by Crippen LogP contribution is -2.48. The second kappa shape index (κ2) is 7.44. The minimum atomic E-state index is -0.779. The van der Waals surface area contributed by atoms with Gasteiger partial charge in [-0.25, -0.2) is 8.78 Å². The van der Waals surface area contributed by atoms with E-state index in [2.05, 4.69) is 10.6 Å². The number of halogens is 2. The molecule has 1 aliphatic heterocycles. The average molecular weight is 299 g/mol. The molecule has 0 saturated carbocycles. The van der Waals surface area contributed by atoms with Crippen LogP contribution in [0.4, 0.5) is 14.5 Å². The maximum Gasteiger partial charge on any atom is 0.238 e. The highest BCUT2D eigenvalue weighted by Gasteiger charge is 2.21. The molecule has 2 N–H and O–H groups in total. The molecule has 0 bridgehead atoms. The van der Waals surface area contributed by atoms with Gasteiger partial charge >= 0.3 is 0 Å². The first-order valence-electron chi connectivity index (χ1n) is 6.82. The predicted octanol–water partition coefficient (Wildman–Crippen LogP) is 0.823. The molecule has 1 fully saturated rings. The largest absolute Gasteiger partial charge is 0.374 e. The van der Waals surface area contributed by atoms with Crippen molar-refractivity contribution in [3.8, 4) is 0 Å². The van der Waals surface area contributed by atoms with E-state index in [0.29, 0.717) is 26.2 Å². The molecule has 116 valence electrons. The monoisotopic (exact) mass is 299 g/mol. The molecule has 1 aromatic rings. The summed E-state index contributed by atoms with van der Waals surface area (Å²) >= 11 is 0. The Labute approximate surface area is 122 Å². The molecule has 1 unspecified atom stereocenters. The number of carbonyl (C=O) groups excluding carboxylic acids is 1. The molecule has 21 heavy (non-hydrogen) atoms. The number of nitrogens with zero attached hydrogens (tertiary/aromatic N) is 1. The van der Waals surface area contributed by atoms with Gasteiger partial charge in [0.15, 0.2) is 0 Å². The summed E-state index contributed by atoms with van der Waals surface area (Å²) in [4.78, 5) is 13.9. The highest BCUT2D eigenvalue weighted by atomic mass is 19.1. The Morgan fingerprint density at radius 2 is 2.29 bits per heavy atom. The van der Waals surface area contributed by atoms with Gasteiger partial charge in [-0.2, -0.15) is 0 Å². The van der Waals surface area contributed by atoms with Crippen molar-refractivity contribution in [2.75, 3.05) is 45.2 Å². The van der Waals surface area contributed by atoms with Crippen molar-refractivity contribution in [2.45, 2.75) is 6.10 Å². The Kier molecular flexibility index (Phi) is 5.60. The number of rotatable bonds is 5. The van der Waals surface area contributed by atoms with Crippen molar-refractivity contribution in [1.29, 1.82) is 0 Å². The van der Waals surface area contributed by atoms with Gasteiger partial charge in [0.05, 0.1) is 24.9 Å². The van der Waals surface area contributed by atoms with E-state index in [0.717, 1.165) is 12.1 Å². The molecule has 1 aromatic carbocycles. The van der Waals surface area contributed by atoms with Crippen LogP contribution in [0, 0.1) is 11.6 Å². The summed E-state index contributed by atoms with van der Waals surface area (Å²) in [5, 5.41) is 5.48. The van der Waals surface area contributed by atoms with Crippen LogP contribution >= 0.6 is 0 Å². The molecule has 0 radical (unpaired) electrons. The standard InChI is InChI=1S/C14H19F2N3O2/c1-17-7-11-8-19(4-5-21-11)9-14(20)18-13-3-2-10(15)6-12(13)16/h2-3,6,11,17H,4-5,7-9H2,1H3,(H,18,20). The molecule has 0 spiro atoms. The maximum absolute atomic E-state index is 13.5. The number of nitrogens with one attached hydrogen (secondary N) is 2. The summed E-state index contributed by atoms with van der Waals surface area (Å²) < 4.78 is 31.8. The van der Waals surface area contributed by atoms with E-state index in [9.17, 15) is 13.6 Å². The topological polar surface area (TPSA) is 53.6 Å². The summed E-state index contributed by atoms with van der Waals surface area (Å²) in [5.41, 5.74) is -0.0126. The Balaban J connectivity index is 1.86. The fourth-order valence-electron chi connectivity index (χ4n) is 2.26. The van der Waals surface area contributed by atoms with Crippen LogP contribution < -0.4 is 10.6 Å². The number of benzene rings is 1. The number of hydrogen-bond acceptors (Lipinski definition) is 4. The van der Waals surface area contributed by atoms with Gasteiger partial charge in [0.25, 0.3) is 0 Å². The lowest BCUT2D eigenvalue weighted by molar-refractivity contribution is -0.119. The second-order valence-electron chi connectivity index (χ2n) is 4.96. The van der Waals surface area contributed by atoms with E-state index in [1.165, 1.54) is 6.07 Å². The summed E-state index contributed by atoms with van der Waals surface area (Å²) in [5.74, 6) is -1.78. The lowest BCUT2D eigenvalue weighted by atomic mass is 10.2. The first-order chi connectivity index (χ1) is 10.1. The molecule has 1 heterocycles. The summed E-state index contributed by atoms with van der Waals surface area (Å²) in [6.45, 7) is 2.72. The number of anilines is 1. The number of hydrogen-bond donors (Lipinski definition) is 2. The highest BCUT2D eigenvalue weighted by Crippen LogP contribution is 2.15. The van der Waals surface area contributed by atoms with Crippen LogP contribution in [0.15, 0.2) is 18.2 Å². The van der Waals surface area contributed by atoms with Gasteiger partial charge in [-0.15, -0.1) is 0 Å². The lowest BCUT2D eigenvalue weighted by Gasteiger charge is -2.32. The molecule has 1 amide bonds. The quantitative estimate of drug-likeness (QED) is 0.845. The average Bonchev–Trinajstić information content (AvgIpc) is 2.43. The first kappa shape index (κ1) is 15.8. The molecular formula is C14H19F2N3O2. The SMILES string of the molecule is CNCC1CN(CC(=O)Nc2ccc(F)cc2F)CCO1. The van der Waals surface area contributed by atoms with E-state index in [1.54, 1.807) is 0 Å². The normalized spacial score (nSPS) is 19.5. The Bertz CT molecular complexity index is 497. The molecule has 5 nitrogen and oxygen atoms in total. The number of amides is 1. The van der Waals surface area contributed by atoms with Gasteiger partial charge in [0.1, 0.15) is 11.6 Å². The van der Waals surface area contributed by atoms with Gasteiger partial charge in [0.2, 0.25) is 5.91 Å². The van der Waals surface area contributed by atoms with E-state index in [1.807, 2.05) is 11.9 Å². The zero-order valence-electron chi connectivity index (χ0n) is 11.9. The Morgan fingerprint density at radius 3 is 3.00 bits per heavy atom. The fourth-order valence-corrected chi connectivity index (χ4v) is 2.26. The summed E-state index contributed by atoms with van der Waals surface area (Å²) in [6.07, 6.45) is 0.0408. The Hall–Kier alpha value is -1.57. The number of likely N-dealkylation sites (N-methyl/N-ethyl adjacent to an activating group) is 1. The van der Waals surface area contributed by atoms with Crippen LogP contribution in [0.2, 0.25) is 0 Å². The van der Waals surface area contributed by atoms with Gasteiger partial charge in [-0.1, -0.05) is 0 Å². The van der Waals surface area contributed by atoms with E-state index in [4.69, 9.17) is 4.74 Å². The fraction of sp³-hybridized carbons (Fsp3) is 0.500. The molecule has 0 aromatic heterocycles. The van der Waals surface area contributed by atoms with Crippen molar-refractivity contribution in [3.05, 3.63) is 29.8 Å². The van der Waals surface area contributed by atoms with Crippen molar-refractivity contribution >= 4 is 11.6 Å². The third-order valence-corrected chi connectivity index (χ3v) is 3.23. The highest BCUT2D eigenvalue weighted by molar-refractivity contribution is 5.92. The molecule has 1 atom stereocenters. The van der Waals surface area contributed by atoms with Crippen LogP contribution in [-0.2, 0) is 9.53 Å². The molecular weight excluding hydrogens is 280 g/mol. The van der Waals surface area contributed by atoms with Crippen LogP contribution in [0.3, 0.4) is 0 Å². The third-order valence-electron chi connectivity index (χ3n) is 3.23. The maximum atomic E-state index is 13.5. The molecule has 2 rings (SSSR count). The number of ether oxygens (including phenoxy) is 1. The van der Waals surface area contributed by atoms with Crippen LogP contribution in [0.25, 0.3) is 0 Å². The zero-order chi connectivity index (χ0) is 15.2. The minimum absolute atomic E-state index is 0.0126. The molecule has 0 aliphatic carbocycles. The van der Waals surface area contributed by atoms with Crippen molar-refractivity contribution in [2.24, 2.45) is 0 Å². The van der Waals surface area contributed by atoms with Crippen LogP contribution in [0.1, 0.15) is 0 Å². The van der Waals surface area contributed by atoms with E-state index < -0.39 is 11.6 Å². The molecule has 7 heteroatoms. The van der Waals surface area contributed by atoms with Gasteiger partial charge in [-0.05, 0) is 19.2 Å². The molecule has 1 aliphatic rings. The van der Waals surface area contributed by atoms with Crippen molar-refractivity contribution in [3.63, 3.8) is 0 Å². The molecule has 1 saturated heterocycles. The smallest absolute Gasteiger partial charge is 0.238 e. The van der Waals surface area contributed by atoms with Crippen molar-refractivity contribution in [1.82, 2.24) is 10.2 Å². The van der Waals surface area contributed by atoms with Crippen LogP contribution in [0.5, 0.6) is 0 Å². The van der Waals surface area contributed by atoms with Crippen molar-refractivity contribution < 1.29 is 18.3 Å². The van der Waals surface area contributed by atoms with Gasteiger partial charge in [-0.3, -0.25) is 9.69 Å². The number of carbonyl (C=O) groups is 1. The zero-order valence-corrected chi connectivity index (χ0v) is 11.9. The van der Waals surface area contributed by atoms with Crippen LogP contribution in [-0.4, -0.2) is 56.7 Å². The Morgan fingerprint density at radius 1 is 1.48 bits per heavy atom. The second-order valence-corrected chi connectivity index (χ2v) is 4.96. The first-order valence-corrected chi connectivity index (χ1v) is 6.82. The van der Waals surface area contributed by atoms with Gasteiger partial charge < -0.3 is 15.4 Å². The van der Waals surface area contributed by atoms with E-state index in [-0.39, 0.29) is 24.2 Å². The summed E-state index contributed by atoms with van der Waals surface area (Å²) in [7, 11) is 1.84. The van der Waals surface area contributed by atoms with E-state index >= 15 is 0 Å². The third kappa shape index (κ3) is 4.73. The minimum Gasteiger partial charge on any atom is -0.374 e. The summed E-state index contributed by atoms with van der Waals surface area (Å²) in [6, 6.07) is 3.06. The number of morpholine rings is 1. The van der Waals surface area contributed by atoms with Gasteiger partial charge in [0, 0.05) is 25.7 Å². The predicted molar refractivity (Wildman–Crippen MR) is 75.1 cm³/mol.